The van der Waals surface area contributed by atoms with Crippen molar-refractivity contribution in [3.63, 3.8) is 0 Å². The molecular weight excluding hydrogens is 537 g/mol. The third kappa shape index (κ3) is 3.97. The van der Waals surface area contributed by atoms with Crippen LogP contribution in [0.4, 0.5) is 0 Å². The van der Waals surface area contributed by atoms with Crippen molar-refractivity contribution in [2.24, 2.45) is 0 Å². The predicted molar refractivity (Wildman–Crippen MR) is 187 cm³/mol. The second-order valence-electron chi connectivity index (χ2n) is 11.3. The number of hydrogen-bond donors (Lipinski definition) is 0. The standard InChI is InChI=1S/C42H26S/c1-2-7-27(8-3-1)28-13-15-29(16-14-28)37-26-38(36-24-22-33-11-6-10-32-21-23-35(37)42(36)41(32)33)30-17-19-31(20-18-30)40-25-34-9-4-5-12-39(34)43-40/h1-26H. The Kier molecular flexibility index (Phi) is 5.47. The van der Waals surface area contributed by atoms with E-state index in [4.69, 9.17) is 0 Å². The fourth-order valence-electron chi connectivity index (χ4n) is 6.72. The quantitative estimate of drug-likeness (QED) is 0.187. The average Bonchev–Trinajstić information content (AvgIpc) is 3.52. The van der Waals surface area contributed by atoms with Crippen LogP contribution >= 0.6 is 11.3 Å². The summed E-state index contributed by atoms with van der Waals surface area (Å²) in [6.07, 6.45) is 0. The Balaban J connectivity index is 1.24. The lowest BCUT2D eigenvalue weighted by Crippen LogP contribution is -1.91. The van der Waals surface area contributed by atoms with Gasteiger partial charge in [-0.1, -0.05) is 140 Å². The molecule has 0 amide bonds. The van der Waals surface area contributed by atoms with Crippen LogP contribution in [0, 0.1) is 0 Å². The molecule has 0 saturated carbocycles. The average molecular weight is 563 g/mol. The molecule has 8 aromatic carbocycles. The van der Waals surface area contributed by atoms with E-state index in [1.54, 1.807) is 0 Å². The normalized spacial score (nSPS) is 11.7. The van der Waals surface area contributed by atoms with Crippen LogP contribution < -0.4 is 0 Å². The van der Waals surface area contributed by atoms with Crippen molar-refractivity contribution in [1.29, 1.82) is 0 Å². The molecule has 1 heteroatoms. The van der Waals surface area contributed by atoms with Gasteiger partial charge in [0.2, 0.25) is 0 Å². The molecule has 0 spiro atoms. The monoisotopic (exact) mass is 562 g/mol. The van der Waals surface area contributed by atoms with Crippen molar-refractivity contribution in [3.05, 3.63) is 158 Å². The highest BCUT2D eigenvalue weighted by molar-refractivity contribution is 7.22. The first-order valence-corrected chi connectivity index (χ1v) is 15.6. The molecule has 1 aromatic heterocycles. The van der Waals surface area contributed by atoms with Crippen molar-refractivity contribution in [1.82, 2.24) is 0 Å². The molecule has 9 rings (SSSR count). The molecule has 0 nitrogen and oxygen atoms in total. The van der Waals surface area contributed by atoms with Crippen LogP contribution in [0.1, 0.15) is 0 Å². The van der Waals surface area contributed by atoms with E-state index in [-0.39, 0.29) is 0 Å². The van der Waals surface area contributed by atoms with Crippen molar-refractivity contribution < 1.29 is 0 Å². The van der Waals surface area contributed by atoms with E-state index < -0.39 is 0 Å². The van der Waals surface area contributed by atoms with E-state index in [0.29, 0.717) is 0 Å². The largest absolute Gasteiger partial charge is 0.135 e. The molecule has 200 valence electrons. The summed E-state index contributed by atoms with van der Waals surface area (Å²) in [5.41, 5.74) is 8.76. The summed E-state index contributed by atoms with van der Waals surface area (Å²) in [5.74, 6) is 0. The molecule has 0 aliphatic heterocycles. The Morgan fingerprint density at radius 1 is 0.326 bits per heavy atom. The summed E-state index contributed by atoms with van der Waals surface area (Å²) in [6.45, 7) is 0. The van der Waals surface area contributed by atoms with E-state index in [2.05, 4.69) is 158 Å². The van der Waals surface area contributed by atoms with Crippen LogP contribution in [-0.4, -0.2) is 0 Å². The minimum Gasteiger partial charge on any atom is -0.135 e. The maximum absolute atomic E-state index is 2.41. The van der Waals surface area contributed by atoms with Crippen LogP contribution in [0.5, 0.6) is 0 Å². The molecule has 0 aliphatic rings. The summed E-state index contributed by atoms with van der Waals surface area (Å²) in [5, 5.41) is 9.20. The Labute approximate surface area is 254 Å². The maximum Gasteiger partial charge on any atom is 0.0355 e. The zero-order chi connectivity index (χ0) is 28.3. The fraction of sp³-hybridized carbons (Fsp3) is 0. The topological polar surface area (TPSA) is 0 Å². The second-order valence-corrected chi connectivity index (χ2v) is 12.4. The maximum atomic E-state index is 2.41. The van der Waals surface area contributed by atoms with Gasteiger partial charge in [-0.3, -0.25) is 0 Å². The van der Waals surface area contributed by atoms with Gasteiger partial charge in [-0.05, 0) is 94.8 Å². The van der Waals surface area contributed by atoms with E-state index in [0.717, 1.165) is 0 Å². The molecule has 0 unspecified atom stereocenters. The highest BCUT2D eigenvalue weighted by Crippen LogP contribution is 2.44. The lowest BCUT2D eigenvalue weighted by atomic mass is 9.85. The molecule has 0 atom stereocenters. The van der Waals surface area contributed by atoms with Gasteiger partial charge in [-0.15, -0.1) is 11.3 Å². The zero-order valence-corrected chi connectivity index (χ0v) is 24.2. The van der Waals surface area contributed by atoms with Crippen molar-refractivity contribution in [3.8, 4) is 43.8 Å². The lowest BCUT2D eigenvalue weighted by molar-refractivity contribution is 1.60. The fourth-order valence-corrected chi connectivity index (χ4v) is 7.79. The van der Waals surface area contributed by atoms with Crippen molar-refractivity contribution in [2.45, 2.75) is 0 Å². The number of hydrogen-bond acceptors (Lipinski definition) is 1. The van der Waals surface area contributed by atoms with Gasteiger partial charge < -0.3 is 0 Å². The summed E-state index contributed by atoms with van der Waals surface area (Å²) in [7, 11) is 0. The molecule has 0 bridgehead atoms. The lowest BCUT2D eigenvalue weighted by Gasteiger charge is -2.18. The van der Waals surface area contributed by atoms with Gasteiger partial charge in [0.1, 0.15) is 0 Å². The third-order valence-corrected chi connectivity index (χ3v) is 10.0. The molecule has 0 aliphatic carbocycles. The third-order valence-electron chi connectivity index (χ3n) is 8.85. The summed E-state index contributed by atoms with van der Waals surface area (Å²) >= 11 is 1.86. The van der Waals surface area contributed by atoms with E-state index in [9.17, 15) is 0 Å². The second kappa shape index (κ2) is 9.66. The number of fused-ring (bicyclic) bond motifs is 1. The minimum atomic E-state index is 1.24. The van der Waals surface area contributed by atoms with Gasteiger partial charge in [0.15, 0.2) is 0 Å². The first-order valence-electron chi connectivity index (χ1n) is 14.8. The number of thiophene rings is 1. The zero-order valence-electron chi connectivity index (χ0n) is 23.4. The van der Waals surface area contributed by atoms with Crippen LogP contribution in [-0.2, 0) is 0 Å². The molecule has 1 heterocycles. The summed E-state index contributed by atoms with van der Waals surface area (Å²) < 4.78 is 1.33. The van der Waals surface area contributed by atoms with Crippen LogP contribution in [0.15, 0.2) is 158 Å². The minimum absolute atomic E-state index is 1.24. The highest BCUT2D eigenvalue weighted by Gasteiger charge is 2.17. The molecule has 43 heavy (non-hydrogen) atoms. The number of rotatable bonds is 4. The van der Waals surface area contributed by atoms with E-state index in [1.807, 2.05) is 11.3 Å². The van der Waals surface area contributed by atoms with Gasteiger partial charge in [-0.25, -0.2) is 0 Å². The van der Waals surface area contributed by atoms with Crippen LogP contribution in [0.3, 0.4) is 0 Å². The molecule has 0 fully saturated rings. The van der Waals surface area contributed by atoms with E-state index in [1.165, 1.54) is 86.2 Å². The smallest absolute Gasteiger partial charge is 0.0355 e. The van der Waals surface area contributed by atoms with Gasteiger partial charge in [0.05, 0.1) is 0 Å². The molecule has 0 radical (unpaired) electrons. The summed E-state index contributed by atoms with van der Waals surface area (Å²) in [6, 6.07) is 58.0. The number of benzene rings is 8. The molecular formula is C42H26S. The highest BCUT2D eigenvalue weighted by atomic mass is 32.1. The molecule has 9 aromatic rings. The van der Waals surface area contributed by atoms with Crippen molar-refractivity contribution >= 4 is 53.7 Å². The first kappa shape index (κ1) is 24.4. The Bertz CT molecular complexity index is 2360. The van der Waals surface area contributed by atoms with Gasteiger partial charge in [-0.2, -0.15) is 0 Å². The van der Waals surface area contributed by atoms with Gasteiger partial charge in [0, 0.05) is 9.58 Å². The Morgan fingerprint density at radius 3 is 1.51 bits per heavy atom. The van der Waals surface area contributed by atoms with Gasteiger partial charge >= 0.3 is 0 Å². The van der Waals surface area contributed by atoms with E-state index >= 15 is 0 Å². The van der Waals surface area contributed by atoms with Gasteiger partial charge in [0.25, 0.3) is 0 Å². The first-order chi connectivity index (χ1) is 21.3. The van der Waals surface area contributed by atoms with Crippen LogP contribution in [0.2, 0.25) is 0 Å². The van der Waals surface area contributed by atoms with Crippen molar-refractivity contribution in [2.75, 3.05) is 0 Å². The molecule has 0 saturated heterocycles. The molecule has 0 N–H and O–H groups in total. The van der Waals surface area contributed by atoms with Crippen LogP contribution in [0.25, 0.3) is 86.2 Å². The SMILES string of the molecule is c1ccc(-c2ccc(-c3cc(-c4ccc(-c5cc6ccccc6s5)cc4)c4ccc5cccc6ccc3c4c65)cc2)cc1. The Morgan fingerprint density at radius 2 is 0.860 bits per heavy atom. The Hall–Kier alpha value is -5.24. The predicted octanol–water partition coefficient (Wildman–Crippen LogP) is 12.5. The summed E-state index contributed by atoms with van der Waals surface area (Å²) in [4.78, 5) is 1.31.